The zero-order valence-corrected chi connectivity index (χ0v) is 11.9. The number of hydrogen-bond donors (Lipinski definition) is 0. The fourth-order valence-corrected chi connectivity index (χ4v) is 2.76. The summed E-state index contributed by atoms with van der Waals surface area (Å²) < 4.78 is 1.01. The van der Waals surface area contributed by atoms with E-state index in [1.54, 1.807) is 0 Å². The third-order valence-corrected chi connectivity index (χ3v) is 3.95. The van der Waals surface area contributed by atoms with Crippen LogP contribution in [0.2, 0.25) is 0 Å². The topological polar surface area (TPSA) is 20.3 Å². The second kappa shape index (κ2) is 5.21. The summed E-state index contributed by atoms with van der Waals surface area (Å²) in [6, 6.07) is 8.04. The molecule has 1 amide bonds. The van der Waals surface area contributed by atoms with Gasteiger partial charge in [0.25, 0.3) is 5.91 Å². The van der Waals surface area contributed by atoms with E-state index in [-0.39, 0.29) is 5.91 Å². The molecule has 1 heterocycles. The van der Waals surface area contributed by atoms with E-state index in [1.807, 2.05) is 29.2 Å². The number of halogens is 1. The van der Waals surface area contributed by atoms with Gasteiger partial charge in [-0.15, -0.1) is 0 Å². The highest BCUT2D eigenvalue weighted by molar-refractivity contribution is 9.10. The largest absolute Gasteiger partial charge is 0.335 e. The number of nitrogens with zero attached hydrogens (tertiary/aromatic N) is 1. The number of hydrogen-bond acceptors (Lipinski definition) is 1. The molecule has 1 aliphatic heterocycles. The molecule has 0 aromatic heterocycles. The molecule has 92 valence electrons. The summed E-state index contributed by atoms with van der Waals surface area (Å²) in [5.41, 5.74) is 0.792. The average molecular weight is 296 g/mol. The molecule has 1 atom stereocenters. The van der Waals surface area contributed by atoms with Crippen molar-refractivity contribution in [3.63, 3.8) is 0 Å². The second-order valence-electron chi connectivity index (χ2n) is 4.96. The van der Waals surface area contributed by atoms with E-state index >= 15 is 0 Å². The lowest BCUT2D eigenvalue weighted by molar-refractivity contribution is 0.0701. The van der Waals surface area contributed by atoms with Crippen molar-refractivity contribution in [3.8, 4) is 0 Å². The molecule has 1 aromatic carbocycles. The highest BCUT2D eigenvalue weighted by Gasteiger charge is 2.31. The van der Waals surface area contributed by atoms with E-state index in [1.165, 1.54) is 0 Å². The van der Waals surface area contributed by atoms with Crippen LogP contribution in [0.4, 0.5) is 0 Å². The van der Waals surface area contributed by atoms with Gasteiger partial charge in [-0.25, -0.2) is 0 Å². The van der Waals surface area contributed by atoms with Crippen LogP contribution in [-0.4, -0.2) is 23.4 Å². The summed E-state index contributed by atoms with van der Waals surface area (Å²) in [6.45, 7) is 5.29. The summed E-state index contributed by atoms with van der Waals surface area (Å²) in [5.74, 6) is 0.714. The van der Waals surface area contributed by atoms with E-state index in [0.717, 1.165) is 29.4 Å². The van der Waals surface area contributed by atoms with Crippen LogP contribution < -0.4 is 0 Å². The highest BCUT2D eigenvalue weighted by Crippen LogP contribution is 2.25. The molecular formula is C14H18BrNO. The predicted octanol–water partition coefficient (Wildman–Crippen LogP) is 3.71. The smallest absolute Gasteiger partial charge is 0.254 e. The zero-order chi connectivity index (χ0) is 12.4. The summed E-state index contributed by atoms with van der Waals surface area (Å²) in [7, 11) is 0. The molecule has 1 aliphatic rings. The molecule has 2 nitrogen and oxygen atoms in total. The minimum absolute atomic E-state index is 0.175. The van der Waals surface area contributed by atoms with Crippen molar-refractivity contribution in [1.82, 2.24) is 4.90 Å². The van der Waals surface area contributed by atoms with Gasteiger partial charge in [0.05, 0.1) is 0 Å². The first-order valence-corrected chi connectivity index (χ1v) is 6.95. The number of carbonyl (C=O) groups is 1. The molecule has 17 heavy (non-hydrogen) atoms. The fraction of sp³-hybridized carbons (Fsp3) is 0.500. The Kier molecular flexibility index (Phi) is 3.87. The number of carbonyl (C=O) groups excluding carboxylic acids is 1. The van der Waals surface area contributed by atoms with Gasteiger partial charge in [-0.1, -0.05) is 29.8 Å². The molecule has 0 N–H and O–H groups in total. The lowest BCUT2D eigenvalue weighted by Crippen LogP contribution is -2.38. The Morgan fingerprint density at radius 2 is 2.00 bits per heavy atom. The van der Waals surface area contributed by atoms with Crippen molar-refractivity contribution in [3.05, 3.63) is 34.3 Å². The van der Waals surface area contributed by atoms with Gasteiger partial charge in [0.2, 0.25) is 0 Å². The molecular weight excluding hydrogens is 278 g/mol. The van der Waals surface area contributed by atoms with Crippen LogP contribution in [-0.2, 0) is 0 Å². The third-order valence-electron chi connectivity index (χ3n) is 3.42. The molecule has 3 heteroatoms. The van der Waals surface area contributed by atoms with E-state index in [4.69, 9.17) is 0 Å². The summed E-state index contributed by atoms with van der Waals surface area (Å²) in [5, 5.41) is 0. The van der Waals surface area contributed by atoms with Crippen molar-refractivity contribution in [1.29, 1.82) is 0 Å². The first-order chi connectivity index (χ1) is 8.09. The van der Waals surface area contributed by atoms with Crippen LogP contribution in [0.3, 0.4) is 0 Å². The van der Waals surface area contributed by atoms with Crippen molar-refractivity contribution < 1.29 is 4.79 Å². The van der Waals surface area contributed by atoms with Crippen molar-refractivity contribution in [2.24, 2.45) is 5.92 Å². The molecule has 1 unspecified atom stereocenters. The Morgan fingerprint density at radius 1 is 1.35 bits per heavy atom. The lowest BCUT2D eigenvalue weighted by atomic mass is 10.0. The van der Waals surface area contributed by atoms with Crippen molar-refractivity contribution in [2.45, 2.75) is 32.7 Å². The van der Waals surface area contributed by atoms with E-state index in [2.05, 4.69) is 29.8 Å². The Morgan fingerprint density at radius 3 is 2.59 bits per heavy atom. The minimum atomic E-state index is 0.175. The molecule has 0 aliphatic carbocycles. The molecule has 0 saturated carbocycles. The fourth-order valence-electron chi connectivity index (χ4n) is 2.50. The first kappa shape index (κ1) is 12.6. The summed E-state index contributed by atoms with van der Waals surface area (Å²) in [4.78, 5) is 14.4. The highest BCUT2D eigenvalue weighted by atomic mass is 79.9. The Hall–Kier alpha value is -0.830. The Balaban J connectivity index is 2.17. The maximum atomic E-state index is 12.4. The molecule has 2 rings (SSSR count). The average Bonchev–Trinajstić information content (AvgIpc) is 2.78. The van der Waals surface area contributed by atoms with Crippen LogP contribution in [0.5, 0.6) is 0 Å². The predicted molar refractivity (Wildman–Crippen MR) is 73.0 cm³/mol. The molecule has 1 aromatic rings. The standard InChI is InChI=1S/C14H18BrNO/c1-10(2)13-4-3-9-16(13)14(17)11-5-7-12(15)8-6-11/h5-8,10,13H,3-4,9H2,1-2H3. The number of likely N-dealkylation sites (tertiary alicyclic amines) is 1. The first-order valence-electron chi connectivity index (χ1n) is 6.16. The van der Waals surface area contributed by atoms with Gasteiger partial charge in [-0.05, 0) is 43.0 Å². The molecule has 1 fully saturated rings. The van der Waals surface area contributed by atoms with Crippen LogP contribution >= 0.6 is 15.9 Å². The van der Waals surface area contributed by atoms with Gasteiger partial charge < -0.3 is 4.90 Å². The third kappa shape index (κ3) is 2.71. The van der Waals surface area contributed by atoms with Gasteiger partial charge in [-0.3, -0.25) is 4.79 Å². The minimum Gasteiger partial charge on any atom is -0.335 e. The van der Waals surface area contributed by atoms with Crippen LogP contribution in [0.25, 0.3) is 0 Å². The van der Waals surface area contributed by atoms with Gasteiger partial charge >= 0.3 is 0 Å². The van der Waals surface area contributed by atoms with E-state index in [0.29, 0.717) is 12.0 Å². The number of rotatable bonds is 2. The lowest BCUT2D eigenvalue weighted by Gasteiger charge is -2.27. The number of benzene rings is 1. The Bertz CT molecular complexity index is 399. The maximum Gasteiger partial charge on any atom is 0.254 e. The SMILES string of the molecule is CC(C)C1CCCN1C(=O)c1ccc(Br)cc1. The molecule has 0 radical (unpaired) electrons. The summed E-state index contributed by atoms with van der Waals surface area (Å²) in [6.07, 6.45) is 2.27. The van der Waals surface area contributed by atoms with Crippen molar-refractivity contribution in [2.75, 3.05) is 6.54 Å². The maximum absolute atomic E-state index is 12.4. The van der Waals surface area contributed by atoms with Crippen LogP contribution in [0.1, 0.15) is 37.0 Å². The van der Waals surface area contributed by atoms with E-state index in [9.17, 15) is 4.79 Å². The zero-order valence-electron chi connectivity index (χ0n) is 10.3. The molecule has 1 saturated heterocycles. The molecule has 0 bridgehead atoms. The van der Waals surface area contributed by atoms with Crippen LogP contribution in [0.15, 0.2) is 28.7 Å². The van der Waals surface area contributed by atoms with Crippen LogP contribution in [0, 0.1) is 5.92 Å². The Labute approximate surface area is 111 Å². The van der Waals surface area contributed by atoms with Gasteiger partial charge in [0.1, 0.15) is 0 Å². The molecule has 0 spiro atoms. The monoisotopic (exact) mass is 295 g/mol. The summed E-state index contributed by atoms with van der Waals surface area (Å²) >= 11 is 3.39. The second-order valence-corrected chi connectivity index (χ2v) is 5.87. The normalized spacial score (nSPS) is 20.0. The van der Waals surface area contributed by atoms with Crippen molar-refractivity contribution >= 4 is 21.8 Å². The van der Waals surface area contributed by atoms with Gasteiger partial charge in [0.15, 0.2) is 0 Å². The van der Waals surface area contributed by atoms with Gasteiger partial charge in [0, 0.05) is 22.6 Å². The van der Waals surface area contributed by atoms with E-state index < -0.39 is 0 Å². The quantitative estimate of drug-likeness (QED) is 0.814. The number of amides is 1. The van der Waals surface area contributed by atoms with Gasteiger partial charge in [-0.2, -0.15) is 0 Å².